The molecule has 0 fully saturated rings. The Morgan fingerprint density at radius 1 is 1.07 bits per heavy atom. The van der Waals surface area contributed by atoms with Gasteiger partial charge in [0.2, 0.25) is 0 Å². The summed E-state index contributed by atoms with van der Waals surface area (Å²) in [5, 5.41) is 37.7. The van der Waals surface area contributed by atoms with Crippen molar-refractivity contribution in [2.45, 2.75) is 39.4 Å². The van der Waals surface area contributed by atoms with Crippen LogP contribution in [0.2, 0.25) is 0 Å². The van der Waals surface area contributed by atoms with Crippen LogP contribution < -0.4 is 0 Å². The van der Waals surface area contributed by atoms with Crippen LogP contribution >= 0.6 is 0 Å². The highest BCUT2D eigenvalue weighted by atomic mass is 16.3. The molecular formula is C10H22O4. The molecule has 4 N–H and O–H groups in total. The van der Waals surface area contributed by atoms with E-state index in [0.29, 0.717) is 6.42 Å². The minimum Gasteiger partial charge on any atom is -0.396 e. The van der Waals surface area contributed by atoms with Gasteiger partial charge >= 0.3 is 0 Å². The van der Waals surface area contributed by atoms with Crippen LogP contribution in [0.4, 0.5) is 0 Å². The van der Waals surface area contributed by atoms with Crippen LogP contribution in [0.25, 0.3) is 0 Å². The first-order valence-corrected chi connectivity index (χ1v) is 5.05. The molecule has 0 aliphatic heterocycles. The number of hydrogen-bond acceptors (Lipinski definition) is 4. The van der Waals surface area contributed by atoms with Crippen molar-refractivity contribution < 1.29 is 20.4 Å². The van der Waals surface area contributed by atoms with Crippen molar-refractivity contribution in [3.63, 3.8) is 0 Å². The van der Waals surface area contributed by atoms with Crippen LogP contribution in [0.15, 0.2) is 0 Å². The normalized spacial score (nSPS) is 20.6. The molecular weight excluding hydrogens is 184 g/mol. The Hall–Kier alpha value is -0.160. The van der Waals surface area contributed by atoms with E-state index < -0.39 is 24.2 Å². The molecule has 0 aromatic carbocycles. The van der Waals surface area contributed by atoms with E-state index in [-0.39, 0.29) is 12.5 Å². The third kappa shape index (κ3) is 2.25. The lowest BCUT2D eigenvalue weighted by Crippen LogP contribution is -2.53. The van der Waals surface area contributed by atoms with Gasteiger partial charge in [-0.3, -0.25) is 0 Å². The van der Waals surface area contributed by atoms with Crippen molar-refractivity contribution in [1.29, 1.82) is 0 Å². The maximum atomic E-state index is 9.81. The molecule has 86 valence electrons. The summed E-state index contributed by atoms with van der Waals surface area (Å²) in [4.78, 5) is 0. The summed E-state index contributed by atoms with van der Waals surface area (Å²) in [6, 6.07) is 0. The zero-order chi connectivity index (χ0) is 11.4. The van der Waals surface area contributed by atoms with Crippen LogP contribution in [0.3, 0.4) is 0 Å². The van der Waals surface area contributed by atoms with Gasteiger partial charge in [-0.25, -0.2) is 0 Å². The largest absolute Gasteiger partial charge is 0.396 e. The van der Waals surface area contributed by atoms with Gasteiger partial charge in [0.15, 0.2) is 0 Å². The monoisotopic (exact) mass is 206 g/mol. The molecule has 0 heterocycles. The molecule has 0 spiro atoms. The van der Waals surface area contributed by atoms with Crippen molar-refractivity contribution in [3.05, 3.63) is 0 Å². The second-order valence-corrected chi connectivity index (χ2v) is 4.05. The second-order valence-electron chi connectivity index (χ2n) is 4.05. The lowest BCUT2D eigenvalue weighted by molar-refractivity contribution is -0.140. The second kappa shape index (κ2) is 5.66. The molecule has 0 aliphatic rings. The molecule has 0 saturated heterocycles. The quantitative estimate of drug-likeness (QED) is 0.483. The Bertz CT molecular complexity index is 148. The third-order valence-corrected chi connectivity index (χ3v) is 3.15. The molecule has 14 heavy (non-hydrogen) atoms. The smallest absolute Gasteiger partial charge is 0.0876 e. The highest BCUT2D eigenvalue weighted by Crippen LogP contribution is 2.36. The maximum Gasteiger partial charge on any atom is 0.0876 e. The minimum atomic E-state index is -1.09. The summed E-state index contributed by atoms with van der Waals surface area (Å²) >= 11 is 0. The number of rotatable bonds is 6. The van der Waals surface area contributed by atoms with Crippen LogP contribution in [0, 0.1) is 11.3 Å². The van der Waals surface area contributed by atoms with Gasteiger partial charge in [0.05, 0.1) is 25.4 Å². The minimum absolute atomic E-state index is 0.107. The SMILES string of the molecule is CCC(O)C(CO)(C(C)C)C(O)CO. The molecule has 0 aromatic heterocycles. The summed E-state index contributed by atoms with van der Waals surface area (Å²) in [5.74, 6) is -0.107. The van der Waals surface area contributed by atoms with Gasteiger partial charge in [0.25, 0.3) is 0 Å². The molecule has 3 unspecified atom stereocenters. The fraction of sp³-hybridized carbons (Fsp3) is 1.00. The van der Waals surface area contributed by atoms with E-state index in [9.17, 15) is 15.3 Å². The molecule has 0 amide bonds. The Balaban J connectivity index is 4.97. The van der Waals surface area contributed by atoms with E-state index in [2.05, 4.69) is 0 Å². The predicted octanol–water partition coefficient (Wildman–Crippen LogP) is -0.255. The molecule has 0 radical (unpaired) electrons. The van der Waals surface area contributed by atoms with Crippen LogP contribution in [-0.4, -0.2) is 45.8 Å². The molecule has 0 aromatic rings. The summed E-state index contributed by atoms with van der Waals surface area (Å²) in [7, 11) is 0. The zero-order valence-corrected chi connectivity index (χ0v) is 9.14. The molecule has 0 aliphatic carbocycles. The molecule has 4 heteroatoms. The molecule has 0 saturated carbocycles. The van der Waals surface area contributed by atoms with Crippen LogP contribution in [0.5, 0.6) is 0 Å². The standard InChI is InChI=1S/C10H22O4/c1-4-8(13)10(6-12,7(2)3)9(14)5-11/h7-9,11-14H,4-6H2,1-3H3. The van der Waals surface area contributed by atoms with Crippen molar-refractivity contribution >= 4 is 0 Å². The fourth-order valence-corrected chi connectivity index (χ4v) is 1.93. The molecule has 0 rings (SSSR count). The molecule has 3 atom stereocenters. The average Bonchev–Trinajstić information content (AvgIpc) is 2.18. The number of aliphatic hydroxyl groups excluding tert-OH is 4. The van der Waals surface area contributed by atoms with E-state index in [4.69, 9.17) is 5.11 Å². The van der Waals surface area contributed by atoms with E-state index >= 15 is 0 Å². The van der Waals surface area contributed by atoms with E-state index in [1.54, 1.807) is 6.92 Å². The lowest BCUT2D eigenvalue weighted by atomic mass is 9.68. The highest BCUT2D eigenvalue weighted by molar-refractivity contribution is 4.94. The van der Waals surface area contributed by atoms with E-state index in [1.165, 1.54) is 0 Å². The van der Waals surface area contributed by atoms with Gasteiger partial charge < -0.3 is 20.4 Å². The highest BCUT2D eigenvalue weighted by Gasteiger charge is 2.45. The van der Waals surface area contributed by atoms with Crippen molar-refractivity contribution in [3.8, 4) is 0 Å². The summed E-state index contributed by atoms with van der Waals surface area (Å²) in [6.07, 6.45) is -1.47. The van der Waals surface area contributed by atoms with Gasteiger partial charge in [-0.05, 0) is 12.3 Å². The third-order valence-electron chi connectivity index (χ3n) is 3.15. The van der Waals surface area contributed by atoms with Gasteiger partial charge in [0.1, 0.15) is 0 Å². The van der Waals surface area contributed by atoms with Crippen molar-refractivity contribution in [2.75, 3.05) is 13.2 Å². The first-order valence-electron chi connectivity index (χ1n) is 5.05. The average molecular weight is 206 g/mol. The van der Waals surface area contributed by atoms with Crippen molar-refractivity contribution in [2.24, 2.45) is 11.3 Å². The first kappa shape index (κ1) is 13.8. The topological polar surface area (TPSA) is 80.9 Å². The maximum absolute atomic E-state index is 9.81. The van der Waals surface area contributed by atoms with E-state index in [1.807, 2.05) is 13.8 Å². The number of aliphatic hydroxyl groups is 4. The Kier molecular flexibility index (Phi) is 5.59. The first-order chi connectivity index (χ1) is 6.47. The van der Waals surface area contributed by atoms with Gasteiger partial charge in [-0.2, -0.15) is 0 Å². The number of hydrogen-bond donors (Lipinski definition) is 4. The van der Waals surface area contributed by atoms with Crippen LogP contribution in [-0.2, 0) is 0 Å². The van der Waals surface area contributed by atoms with Gasteiger partial charge in [0, 0.05) is 5.41 Å². The van der Waals surface area contributed by atoms with Crippen molar-refractivity contribution in [1.82, 2.24) is 0 Å². The summed E-state index contributed by atoms with van der Waals surface area (Å²) < 4.78 is 0. The van der Waals surface area contributed by atoms with Gasteiger partial charge in [-0.1, -0.05) is 20.8 Å². The molecule has 0 bridgehead atoms. The Morgan fingerprint density at radius 3 is 1.79 bits per heavy atom. The lowest BCUT2D eigenvalue weighted by Gasteiger charge is -2.42. The zero-order valence-electron chi connectivity index (χ0n) is 9.14. The van der Waals surface area contributed by atoms with E-state index in [0.717, 1.165) is 0 Å². The fourth-order valence-electron chi connectivity index (χ4n) is 1.93. The molecule has 4 nitrogen and oxygen atoms in total. The van der Waals surface area contributed by atoms with Crippen LogP contribution in [0.1, 0.15) is 27.2 Å². The Morgan fingerprint density at radius 2 is 1.57 bits per heavy atom. The van der Waals surface area contributed by atoms with Gasteiger partial charge in [-0.15, -0.1) is 0 Å². The summed E-state index contributed by atoms with van der Waals surface area (Å²) in [6.45, 7) is 4.63. The predicted molar refractivity (Wildman–Crippen MR) is 53.7 cm³/mol. The Labute approximate surface area is 85.2 Å². The summed E-state index contributed by atoms with van der Waals surface area (Å²) in [5.41, 5.74) is -1.02.